The fourth-order valence-corrected chi connectivity index (χ4v) is 3.29. The Labute approximate surface area is 177 Å². The van der Waals surface area contributed by atoms with Gasteiger partial charge in [0.15, 0.2) is 0 Å². The molecule has 1 heterocycles. The van der Waals surface area contributed by atoms with Crippen molar-refractivity contribution in [1.82, 2.24) is 10.2 Å². The number of likely N-dealkylation sites (N-methyl/N-ethyl adjacent to an activating group) is 1. The molecular formula is C22H22F3N3O3. The second-order valence-corrected chi connectivity index (χ2v) is 7.58. The van der Waals surface area contributed by atoms with Crippen LogP contribution in [-0.2, 0) is 22.2 Å². The van der Waals surface area contributed by atoms with Crippen LogP contribution in [0.1, 0.15) is 33.5 Å². The molecule has 1 atom stereocenters. The number of rotatable bonds is 5. The maximum absolute atomic E-state index is 13.3. The third kappa shape index (κ3) is 5.62. The van der Waals surface area contributed by atoms with Crippen LogP contribution in [0.5, 0.6) is 0 Å². The van der Waals surface area contributed by atoms with Crippen LogP contribution in [0.3, 0.4) is 0 Å². The van der Waals surface area contributed by atoms with Crippen LogP contribution in [0.25, 0.3) is 0 Å². The molecule has 1 aliphatic rings. The van der Waals surface area contributed by atoms with E-state index in [2.05, 4.69) is 10.6 Å². The standard InChI is InChI=1S/C22H22F3N3O3/c1-13-3-5-14(6-4-13)9-19(29)26-17-11-15(10-16(12-17)22(23,24)25)20(30)27-18-7-8-28(2)21(18)31/h3-6,10-12,18H,7-9H2,1-2H3,(H,26,29)(H,27,30). The number of nitrogens with zero attached hydrogens (tertiary/aromatic N) is 1. The van der Waals surface area contributed by atoms with Crippen molar-refractivity contribution < 1.29 is 27.6 Å². The smallest absolute Gasteiger partial charge is 0.344 e. The Morgan fingerprint density at radius 2 is 1.81 bits per heavy atom. The first kappa shape index (κ1) is 22.3. The summed E-state index contributed by atoms with van der Waals surface area (Å²) in [6.45, 7) is 2.35. The zero-order valence-corrected chi connectivity index (χ0v) is 17.0. The lowest BCUT2D eigenvalue weighted by Gasteiger charge is -2.15. The van der Waals surface area contributed by atoms with E-state index in [1.54, 1.807) is 19.2 Å². The Bertz CT molecular complexity index is 1000. The van der Waals surface area contributed by atoms with Gasteiger partial charge in [0.2, 0.25) is 11.8 Å². The van der Waals surface area contributed by atoms with Gasteiger partial charge in [-0.1, -0.05) is 29.8 Å². The summed E-state index contributed by atoms with van der Waals surface area (Å²) >= 11 is 0. The average molecular weight is 433 g/mol. The molecule has 0 radical (unpaired) electrons. The molecule has 3 amide bonds. The van der Waals surface area contributed by atoms with Crippen molar-refractivity contribution in [3.63, 3.8) is 0 Å². The average Bonchev–Trinajstić information content (AvgIpc) is 3.01. The highest BCUT2D eigenvalue weighted by atomic mass is 19.4. The number of amides is 3. The van der Waals surface area contributed by atoms with Crippen molar-refractivity contribution in [3.8, 4) is 0 Å². The summed E-state index contributed by atoms with van der Waals surface area (Å²) in [5.41, 5.74) is 0.219. The maximum Gasteiger partial charge on any atom is 0.416 e. The minimum atomic E-state index is -4.71. The van der Waals surface area contributed by atoms with E-state index in [0.29, 0.717) is 24.6 Å². The predicted molar refractivity (Wildman–Crippen MR) is 108 cm³/mol. The molecule has 2 aromatic carbocycles. The monoisotopic (exact) mass is 433 g/mol. The zero-order valence-electron chi connectivity index (χ0n) is 17.0. The van der Waals surface area contributed by atoms with Crippen molar-refractivity contribution in [2.24, 2.45) is 0 Å². The fourth-order valence-electron chi connectivity index (χ4n) is 3.29. The number of hydrogen-bond donors (Lipinski definition) is 2. The van der Waals surface area contributed by atoms with Gasteiger partial charge >= 0.3 is 6.18 Å². The number of alkyl halides is 3. The Kier molecular flexibility index (Phi) is 6.33. The molecule has 0 saturated carbocycles. The number of hydrogen-bond acceptors (Lipinski definition) is 3. The van der Waals surface area contributed by atoms with Gasteiger partial charge in [-0.15, -0.1) is 0 Å². The molecule has 1 unspecified atom stereocenters. The molecule has 31 heavy (non-hydrogen) atoms. The van der Waals surface area contributed by atoms with Crippen LogP contribution in [0.4, 0.5) is 18.9 Å². The van der Waals surface area contributed by atoms with Crippen molar-refractivity contribution in [3.05, 3.63) is 64.7 Å². The summed E-state index contributed by atoms with van der Waals surface area (Å²) in [5, 5.41) is 4.90. The molecule has 1 saturated heterocycles. The minimum absolute atomic E-state index is 0.0268. The van der Waals surface area contributed by atoms with E-state index in [0.717, 1.165) is 11.6 Å². The molecule has 0 bridgehead atoms. The number of nitrogens with one attached hydrogen (secondary N) is 2. The molecule has 0 spiro atoms. The number of likely N-dealkylation sites (tertiary alicyclic amines) is 1. The molecule has 1 aliphatic heterocycles. The summed E-state index contributed by atoms with van der Waals surface area (Å²) in [6.07, 6.45) is -4.36. The molecule has 0 aromatic heterocycles. The molecule has 6 nitrogen and oxygen atoms in total. The highest BCUT2D eigenvalue weighted by Crippen LogP contribution is 2.32. The van der Waals surface area contributed by atoms with Gasteiger partial charge in [0.25, 0.3) is 5.91 Å². The van der Waals surface area contributed by atoms with E-state index in [1.165, 1.54) is 11.0 Å². The van der Waals surface area contributed by atoms with Gasteiger partial charge in [-0.2, -0.15) is 13.2 Å². The number of carbonyl (C=O) groups is 3. The summed E-state index contributed by atoms with van der Waals surface area (Å²) in [5.74, 6) is -1.62. The summed E-state index contributed by atoms with van der Waals surface area (Å²) in [4.78, 5) is 38.3. The minimum Gasteiger partial charge on any atom is -0.344 e. The van der Waals surface area contributed by atoms with Gasteiger partial charge in [0, 0.05) is 24.8 Å². The number of halogens is 3. The van der Waals surface area contributed by atoms with Gasteiger partial charge < -0.3 is 15.5 Å². The Hall–Kier alpha value is -3.36. The van der Waals surface area contributed by atoms with E-state index in [-0.39, 0.29) is 23.6 Å². The largest absolute Gasteiger partial charge is 0.416 e. The second-order valence-electron chi connectivity index (χ2n) is 7.58. The molecule has 164 valence electrons. The SMILES string of the molecule is Cc1ccc(CC(=O)Nc2cc(C(=O)NC3CCN(C)C3=O)cc(C(F)(F)F)c2)cc1. The Balaban J connectivity index is 1.79. The molecule has 1 fully saturated rings. The quantitative estimate of drug-likeness (QED) is 0.761. The molecule has 3 rings (SSSR count). The first-order chi connectivity index (χ1) is 14.5. The van der Waals surface area contributed by atoms with Crippen LogP contribution in [-0.4, -0.2) is 42.3 Å². The van der Waals surface area contributed by atoms with E-state index < -0.39 is 29.6 Å². The Morgan fingerprint density at radius 3 is 2.39 bits per heavy atom. The van der Waals surface area contributed by atoms with Gasteiger partial charge in [0.05, 0.1) is 12.0 Å². The third-order valence-corrected chi connectivity index (χ3v) is 5.02. The zero-order chi connectivity index (χ0) is 22.8. The summed E-state index contributed by atoms with van der Waals surface area (Å²) in [7, 11) is 1.58. The molecular weight excluding hydrogens is 411 g/mol. The van der Waals surface area contributed by atoms with Crippen molar-refractivity contribution >= 4 is 23.4 Å². The van der Waals surface area contributed by atoms with Gasteiger partial charge in [0.1, 0.15) is 6.04 Å². The first-order valence-electron chi connectivity index (χ1n) is 9.66. The van der Waals surface area contributed by atoms with Crippen LogP contribution in [0.2, 0.25) is 0 Å². The van der Waals surface area contributed by atoms with Crippen LogP contribution in [0.15, 0.2) is 42.5 Å². The normalized spacial score (nSPS) is 16.4. The lowest BCUT2D eigenvalue weighted by Crippen LogP contribution is -2.40. The first-order valence-corrected chi connectivity index (χ1v) is 9.66. The summed E-state index contributed by atoms with van der Waals surface area (Å²) in [6, 6.07) is 9.04. The Morgan fingerprint density at radius 1 is 1.13 bits per heavy atom. The van der Waals surface area contributed by atoms with E-state index in [4.69, 9.17) is 0 Å². The molecule has 0 aliphatic carbocycles. The number of carbonyl (C=O) groups excluding carboxylic acids is 3. The van der Waals surface area contributed by atoms with E-state index in [9.17, 15) is 27.6 Å². The third-order valence-electron chi connectivity index (χ3n) is 5.02. The van der Waals surface area contributed by atoms with Crippen LogP contribution in [0, 0.1) is 6.92 Å². The molecule has 9 heteroatoms. The highest BCUT2D eigenvalue weighted by molar-refractivity contribution is 6.00. The second kappa shape index (κ2) is 8.79. The summed E-state index contributed by atoms with van der Waals surface area (Å²) < 4.78 is 40.0. The van der Waals surface area contributed by atoms with E-state index in [1.807, 2.05) is 19.1 Å². The van der Waals surface area contributed by atoms with Crippen LogP contribution < -0.4 is 10.6 Å². The van der Waals surface area contributed by atoms with Crippen molar-refractivity contribution in [2.75, 3.05) is 18.9 Å². The fraction of sp³-hybridized carbons (Fsp3) is 0.318. The van der Waals surface area contributed by atoms with Gasteiger partial charge in [-0.3, -0.25) is 14.4 Å². The number of benzene rings is 2. The molecule has 2 N–H and O–H groups in total. The number of anilines is 1. The predicted octanol–water partition coefficient (Wildman–Crippen LogP) is 3.16. The molecule has 2 aromatic rings. The lowest BCUT2D eigenvalue weighted by molar-refractivity contribution is -0.137. The number of aryl methyl sites for hydroxylation is 1. The van der Waals surface area contributed by atoms with Gasteiger partial charge in [-0.25, -0.2) is 0 Å². The van der Waals surface area contributed by atoms with Gasteiger partial charge in [-0.05, 0) is 37.1 Å². The van der Waals surface area contributed by atoms with Crippen molar-refractivity contribution in [2.45, 2.75) is 32.0 Å². The van der Waals surface area contributed by atoms with E-state index >= 15 is 0 Å². The topological polar surface area (TPSA) is 78.5 Å². The highest BCUT2D eigenvalue weighted by Gasteiger charge is 2.34. The van der Waals surface area contributed by atoms with Crippen molar-refractivity contribution in [1.29, 1.82) is 0 Å². The lowest BCUT2D eigenvalue weighted by atomic mass is 10.1. The van der Waals surface area contributed by atoms with Crippen LogP contribution >= 0.6 is 0 Å². The maximum atomic E-state index is 13.3.